The third-order valence-corrected chi connectivity index (χ3v) is 9.01. The number of para-hydroxylation sites is 1. The molecule has 42 heavy (non-hydrogen) atoms. The maximum absolute atomic E-state index is 14.9. The van der Waals surface area contributed by atoms with Gasteiger partial charge in [0.05, 0.1) is 22.1 Å². The Bertz CT molecular complexity index is 1900. The number of aromatic nitrogens is 4. The standard InChI is InChI=1S/C29H21F2N7O2S2/c30-18-7-5-17(6-8-18)23-16-38-28(34-23)42-29(35-38)37-13-11-36(12-14-37)27(40)25(39)32-19-9-10-20(21(31)15-19)26-33-22-3-1-2-4-24(22)41-26/h1-10,15-16H,11-14H2,(H,32,39). The van der Waals surface area contributed by atoms with Gasteiger partial charge in [0.15, 0.2) is 0 Å². The molecular weight excluding hydrogens is 580 g/mol. The molecule has 9 nitrogen and oxygen atoms in total. The molecule has 3 aromatic heterocycles. The van der Waals surface area contributed by atoms with Gasteiger partial charge in [-0.25, -0.2) is 23.3 Å². The van der Waals surface area contributed by atoms with Crippen LogP contribution in [-0.2, 0) is 9.59 Å². The molecule has 0 atom stereocenters. The lowest BCUT2D eigenvalue weighted by atomic mass is 10.2. The van der Waals surface area contributed by atoms with Gasteiger partial charge in [-0.05, 0) is 54.6 Å². The highest BCUT2D eigenvalue weighted by Crippen LogP contribution is 2.33. The van der Waals surface area contributed by atoms with Gasteiger partial charge in [-0.1, -0.05) is 23.5 Å². The summed E-state index contributed by atoms with van der Waals surface area (Å²) in [6, 6.07) is 18.0. The molecule has 3 aromatic carbocycles. The largest absolute Gasteiger partial charge is 0.343 e. The van der Waals surface area contributed by atoms with E-state index in [1.807, 2.05) is 29.2 Å². The van der Waals surface area contributed by atoms with Gasteiger partial charge in [0.1, 0.15) is 16.6 Å². The fraction of sp³-hybridized carbons (Fsp3) is 0.138. The van der Waals surface area contributed by atoms with E-state index in [1.54, 1.807) is 35.0 Å². The summed E-state index contributed by atoms with van der Waals surface area (Å²) in [6.45, 7) is 1.65. The molecule has 210 valence electrons. The summed E-state index contributed by atoms with van der Waals surface area (Å²) in [5, 5.41) is 8.43. The Morgan fingerprint density at radius 3 is 2.40 bits per heavy atom. The van der Waals surface area contributed by atoms with E-state index in [-0.39, 0.29) is 11.5 Å². The number of imidazole rings is 1. The van der Waals surface area contributed by atoms with Crippen molar-refractivity contribution >= 4 is 60.5 Å². The number of nitrogens with one attached hydrogen (secondary N) is 1. The molecule has 1 aliphatic rings. The fourth-order valence-corrected chi connectivity index (χ4v) is 6.69. The Hall–Kier alpha value is -4.75. The van der Waals surface area contributed by atoms with E-state index < -0.39 is 17.6 Å². The molecule has 7 rings (SSSR count). The van der Waals surface area contributed by atoms with Crippen molar-refractivity contribution in [2.24, 2.45) is 0 Å². The van der Waals surface area contributed by atoms with E-state index >= 15 is 0 Å². The zero-order valence-corrected chi connectivity index (χ0v) is 23.5. The molecule has 0 radical (unpaired) electrons. The van der Waals surface area contributed by atoms with Crippen molar-refractivity contribution in [1.82, 2.24) is 24.5 Å². The lowest BCUT2D eigenvalue weighted by Gasteiger charge is -2.33. The highest BCUT2D eigenvalue weighted by Gasteiger charge is 2.28. The lowest BCUT2D eigenvalue weighted by Crippen LogP contribution is -2.51. The molecule has 1 N–H and O–H groups in total. The number of amides is 2. The summed E-state index contributed by atoms with van der Waals surface area (Å²) >= 11 is 2.80. The number of carbonyl (C=O) groups is 2. The van der Waals surface area contributed by atoms with Gasteiger partial charge in [0.25, 0.3) is 0 Å². The number of benzene rings is 3. The van der Waals surface area contributed by atoms with Crippen molar-refractivity contribution in [3.8, 4) is 21.8 Å². The van der Waals surface area contributed by atoms with E-state index in [0.29, 0.717) is 47.4 Å². The molecule has 0 spiro atoms. The van der Waals surface area contributed by atoms with E-state index in [2.05, 4.69) is 20.4 Å². The maximum Gasteiger partial charge on any atom is 0.313 e. The SMILES string of the molecule is O=C(Nc1ccc(-c2nc3ccccc3s2)c(F)c1)C(=O)N1CCN(c2nn3cc(-c4ccc(F)cc4)nc3s2)CC1. The number of thiazole rings is 1. The first-order valence-electron chi connectivity index (χ1n) is 13.0. The molecule has 6 aromatic rings. The molecule has 1 aliphatic heterocycles. The van der Waals surface area contributed by atoms with Crippen LogP contribution < -0.4 is 10.2 Å². The molecule has 0 aliphatic carbocycles. The zero-order chi connectivity index (χ0) is 28.8. The Morgan fingerprint density at radius 2 is 1.67 bits per heavy atom. The van der Waals surface area contributed by atoms with Crippen LogP contribution in [0.5, 0.6) is 0 Å². The zero-order valence-electron chi connectivity index (χ0n) is 21.8. The quantitative estimate of drug-likeness (QED) is 0.276. The first-order valence-corrected chi connectivity index (χ1v) is 14.7. The fourth-order valence-electron chi connectivity index (χ4n) is 4.76. The number of hydrogen-bond donors (Lipinski definition) is 1. The smallest absolute Gasteiger partial charge is 0.313 e. The third kappa shape index (κ3) is 4.97. The van der Waals surface area contributed by atoms with Gasteiger partial charge in [0.2, 0.25) is 10.1 Å². The summed E-state index contributed by atoms with van der Waals surface area (Å²) < 4.78 is 30.8. The van der Waals surface area contributed by atoms with Crippen molar-refractivity contribution in [3.63, 3.8) is 0 Å². The minimum atomic E-state index is -0.823. The topological polar surface area (TPSA) is 95.7 Å². The summed E-state index contributed by atoms with van der Waals surface area (Å²) in [6.07, 6.45) is 1.79. The predicted octanol–water partition coefficient (Wildman–Crippen LogP) is 5.30. The Morgan fingerprint density at radius 1 is 0.881 bits per heavy atom. The van der Waals surface area contributed by atoms with Crippen LogP contribution in [0.15, 0.2) is 72.9 Å². The number of piperazine rings is 1. The predicted molar refractivity (Wildman–Crippen MR) is 159 cm³/mol. The number of nitrogens with zero attached hydrogens (tertiary/aromatic N) is 6. The minimum Gasteiger partial charge on any atom is -0.343 e. The van der Waals surface area contributed by atoms with Gasteiger partial charge in [-0.3, -0.25) is 9.59 Å². The van der Waals surface area contributed by atoms with E-state index in [1.165, 1.54) is 45.8 Å². The van der Waals surface area contributed by atoms with Gasteiger partial charge in [-0.2, -0.15) is 0 Å². The third-order valence-electron chi connectivity index (χ3n) is 6.96. The summed E-state index contributed by atoms with van der Waals surface area (Å²) in [4.78, 5) is 38.9. The normalized spacial score (nSPS) is 13.7. The molecule has 0 unspecified atom stereocenters. The number of halogens is 2. The molecule has 4 heterocycles. The highest BCUT2D eigenvalue weighted by molar-refractivity contribution is 7.21. The maximum atomic E-state index is 14.9. The van der Waals surface area contributed by atoms with Gasteiger partial charge < -0.3 is 15.1 Å². The summed E-state index contributed by atoms with van der Waals surface area (Å²) in [5.74, 6) is -2.34. The second-order valence-electron chi connectivity index (χ2n) is 9.66. The lowest BCUT2D eigenvalue weighted by molar-refractivity contribution is -0.143. The van der Waals surface area contributed by atoms with Crippen LogP contribution in [0.2, 0.25) is 0 Å². The van der Waals surface area contributed by atoms with Crippen LogP contribution in [0.1, 0.15) is 0 Å². The van der Waals surface area contributed by atoms with Gasteiger partial charge >= 0.3 is 11.8 Å². The highest BCUT2D eigenvalue weighted by atomic mass is 32.1. The second kappa shape index (κ2) is 10.6. The summed E-state index contributed by atoms with van der Waals surface area (Å²) in [5.41, 5.74) is 2.82. The van der Waals surface area contributed by atoms with Crippen molar-refractivity contribution in [1.29, 1.82) is 0 Å². The number of rotatable bonds is 4. The number of fused-ring (bicyclic) bond motifs is 2. The molecule has 13 heteroatoms. The number of carbonyl (C=O) groups excluding carboxylic acids is 2. The van der Waals surface area contributed by atoms with E-state index in [9.17, 15) is 18.4 Å². The van der Waals surface area contributed by atoms with Crippen LogP contribution in [0.3, 0.4) is 0 Å². The Balaban J connectivity index is 0.965. The first kappa shape index (κ1) is 26.2. The molecule has 1 saturated heterocycles. The van der Waals surface area contributed by atoms with Crippen LogP contribution in [0.4, 0.5) is 19.6 Å². The van der Waals surface area contributed by atoms with Crippen LogP contribution >= 0.6 is 22.7 Å². The molecule has 2 amide bonds. The van der Waals surface area contributed by atoms with Crippen LogP contribution in [0.25, 0.3) is 37.0 Å². The van der Waals surface area contributed by atoms with Gasteiger partial charge in [0, 0.05) is 43.0 Å². The monoisotopic (exact) mass is 601 g/mol. The van der Waals surface area contributed by atoms with Crippen LogP contribution in [0, 0.1) is 11.6 Å². The number of hydrogen-bond acceptors (Lipinski definition) is 8. The molecular formula is C29H21F2N7O2S2. The Kier molecular flexibility index (Phi) is 6.59. The molecule has 1 fully saturated rings. The van der Waals surface area contributed by atoms with Crippen molar-refractivity contribution < 1.29 is 18.4 Å². The Labute approximate surface area is 245 Å². The summed E-state index contributed by atoms with van der Waals surface area (Å²) in [7, 11) is 0. The van der Waals surface area contributed by atoms with Crippen LogP contribution in [-0.4, -0.2) is 62.5 Å². The average molecular weight is 602 g/mol. The van der Waals surface area contributed by atoms with Crippen molar-refractivity contribution in [2.45, 2.75) is 0 Å². The van der Waals surface area contributed by atoms with E-state index in [4.69, 9.17) is 0 Å². The van der Waals surface area contributed by atoms with Crippen molar-refractivity contribution in [2.75, 3.05) is 36.4 Å². The number of anilines is 2. The van der Waals surface area contributed by atoms with E-state index in [0.717, 1.165) is 20.9 Å². The minimum absolute atomic E-state index is 0.195. The average Bonchev–Trinajstić information content (AvgIpc) is 3.71. The molecule has 0 bridgehead atoms. The molecule has 0 saturated carbocycles. The van der Waals surface area contributed by atoms with Crippen molar-refractivity contribution in [3.05, 3.63) is 84.6 Å². The first-order chi connectivity index (χ1) is 20.4. The second-order valence-corrected chi connectivity index (χ2v) is 11.6. The van der Waals surface area contributed by atoms with Gasteiger partial charge in [-0.15, -0.1) is 16.4 Å².